The Balaban J connectivity index is 1.50. The summed E-state index contributed by atoms with van der Waals surface area (Å²) in [6.07, 6.45) is -0.654. The summed E-state index contributed by atoms with van der Waals surface area (Å²) in [7, 11) is 0. The summed E-state index contributed by atoms with van der Waals surface area (Å²) in [5.41, 5.74) is -0.683. The van der Waals surface area contributed by atoms with Crippen LogP contribution < -0.4 is 10.2 Å². The van der Waals surface area contributed by atoms with E-state index in [-0.39, 0.29) is 23.7 Å². The van der Waals surface area contributed by atoms with Gasteiger partial charge in [-0.25, -0.2) is 9.67 Å². The third-order valence-electron chi connectivity index (χ3n) is 4.54. The van der Waals surface area contributed by atoms with Gasteiger partial charge in [0.25, 0.3) is 0 Å². The van der Waals surface area contributed by atoms with Crippen molar-refractivity contribution in [3.8, 4) is 5.69 Å². The van der Waals surface area contributed by atoms with Crippen LogP contribution in [-0.2, 0) is 22.2 Å². The summed E-state index contributed by atoms with van der Waals surface area (Å²) in [6.45, 7) is 0.579. The van der Waals surface area contributed by atoms with Gasteiger partial charge in [0.2, 0.25) is 11.8 Å². The lowest BCUT2D eigenvalue weighted by atomic mass is 10.1. The highest BCUT2D eigenvalue weighted by Gasteiger charge is 2.34. The van der Waals surface area contributed by atoms with Gasteiger partial charge in [-0.1, -0.05) is 0 Å². The van der Waals surface area contributed by atoms with E-state index >= 15 is 0 Å². The Kier molecular flexibility index (Phi) is 5.29. The first-order valence-corrected chi connectivity index (χ1v) is 9.95. The van der Waals surface area contributed by atoms with E-state index in [2.05, 4.69) is 15.4 Å². The number of hydrogen-bond acceptors (Lipinski definition) is 5. The van der Waals surface area contributed by atoms with E-state index in [4.69, 9.17) is 0 Å². The van der Waals surface area contributed by atoms with Crippen LogP contribution in [0.3, 0.4) is 0 Å². The Morgan fingerprint density at radius 3 is 2.80 bits per heavy atom. The highest BCUT2D eigenvalue weighted by Crippen LogP contribution is 2.36. The van der Waals surface area contributed by atoms with Gasteiger partial charge in [0.05, 0.1) is 29.1 Å². The highest BCUT2D eigenvalue weighted by atomic mass is 32.1. The minimum Gasteiger partial charge on any atom is -0.325 e. The molecule has 1 N–H and O–H groups in total. The van der Waals surface area contributed by atoms with Gasteiger partial charge in [-0.3, -0.25) is 14.5 Å². The number of alkyl halides is 3. The number of carbonyl (C=O) groups is 2. The quantitative estimate of drug-likeness (QED) is 0.664. The van der Waals surface area contributed by atoms with Gasteiger partial charge in [0.15, 0.2) is 5.13 Å². The fourth-order valence-electron chi connectivity index (χ4n) is 3.15. The van der Waals surface area contributed by atoms with E-state index in [9.17, 15) is 22.8 Å². The molecule has 3 aromatic rings. The number of benzene rings is 1. The Bertz CT molecular complexity index is 1080. The molecule has 1 aliphatic heterocycles. The van der Waals surface area contributed by atoms with Crippen molar-refractivity contribution in [3.05, 3.63) is 53.3 Å². The second kappa shape index (κ2) is 7.90. The van der Waals surface area contributed by atoms with Crippen molar-refractivity contribution in [2.75, 3.05) is 16.8 Å². The zero-order valence-electron chi connectivity index (χ0n) is 15.5. The molecule has 0 saturated carbocycles. The van der Waals surface area contributed by atoms with Gasteiger partial charge >= 0.3 is 6.18 Å². The molecule has 2 aromatic heterocycles. The van der Waals surface area contributed by atoms with Crippen molar-refractivity contribution in [1.82, 2.24) is 14.8 Å². The molecule has 4 rings (SSSR count). The second-order valence-electron chi connectivity index (χ2n) is 6.67. The Morgan fingerprint density at radius 1 is 1.30 bits per heavy atom. The van der Waals surface area contributed by atoms with Gasteiger partial charge < -0.3 is 5.32 Å². The van der Waals surface area contributed by atoms with Crippen LogP contribution in [0.25, 0.3) is 5.69 Å². The van der Waals surface area contributed by atoms with Crippen LogP contribution in [0.4, 0.5) is 24.0 Å². The highest BCUT2D eigenvalue weighted by molar-refractivity contribution is 7.14. The topological polar surface area (TPSA) is 80.1 Å². The number of thiazole rings is 1. The molecule has 11 heteroatoms. The molecule has 0 aliphatic carbocycles. The molecule has 3 heterocycles. The van der Waals surface area contributed by atoms with E-state index in [0.717, 1.165) is 12.5 Å². The van der Waals surface area contributed by atoms with Gasteiger partial charge in [-0.15, -0.1) is 11.3 Å². The molecule has 0 spiro atoms. The number of aromatic nitrogens is 3. The van der Waals surface area contributed by atoms with Crippen molar-refractivity contribution in [2.45, 2.75) is 25.4 Å². The van der Waals surface area contributed by atoms with Crippen LogP contribution in [0.2, 0.25) is 0 Å². The van der Waals surface area contributed by atoms with E-state index in [1.807, 2.05) is 0 Å². The molecule has 2 amide bonds. The van der Waals surface area contributed by atoms with Gasteiger partial charge in [-0.2, -0.15) is 18.3 Å². The largest absolute Gasteiger partial charge is 0.418 e. The van der Waals surface area contributed by atoms with Crippen LogP contribution in [-0.4, -0.2) is 33.1 Å². The number of hydrogen-bond donors (Lipinski definition) is 1. The minimum atomic E-state index is -4.66. The Morgan fingerprint density at radius 2 is 2.13 bits per heavy atom. The Hall–Kier alpha value is -3.21. The molecule has 7 nitrogen and oxygen atoms in total. The zero-order chi connectivity index (χ0) is 21.3. The van der Waals surface area contributed by atoms with Crippen molar-refractivity contribution < 1.29 is 22.8 Å². The predicted molar refractivity (Wildman–Crippen MR) is 105 cm³/mol. The van der Waals surface area contributed by atoms with E-state index in [0.29, 0.717) is 23.8 Å². The van der Waals surface area contributed by atoms with E-state index < -0.39 is 17.6 Å². The maximum atomic E-state index is 13.5. The molecule has 0 atom stereocenters. The summed E-state index contributed by atoms with van der Waals surface area (Å²) in [6, 6.07) is 5.17. The van der Waals surface area contributed by atoms with Crippen LogP contribution in [0.5, 0.6) is 0 Å². The molecule has 0 bridgehead atoms. The standard InChI is InChI=1S/C19H16F3N5O2S/c20-19(21,22)14-10-13(27-8-2-6-23-27)4-5-15(14)25-16(28)9-12-11-30-18(24-12)26-7-1-3-17(26)29/h2,4-6,8,10-11H,1,3,7,9H2,(H,25,28). The van der Waals surface area contributed by atoms with Gasteiger partial charge in [0, 0.05) is 30.7 Å². The number of carbonyl (C=O) groups excluding carboxylic acids is 2. The predicted octanol–water partition coefficient (Wildman–Crippen LogP) is 3.66. The maximum absolute atomic E-state index is 13.5. The monoisotopic (exact) mass is 435 g/mol. The first kappa shape index (κ1) is 20.1. The summed E-state index contributed by atoms with van der Waals surface area (Å²) in [4.78, 5) is 30.0. The lowest BCUT2D eigenvalue weighted by molar-refractivity contribution is -0.137. The molecule has 30 heavy (non-hydrogen) atoms. The summed E-state index contributed by atoms with van der Waals surface area (Å²) in [5, 5.41) is 8.38. The average molecular weight is 435 g/mol. The molecule has 1 fully saturated rings. The first-order chi connectivity index (χ1) is 14.3. The summed E-state index contributed by atoms with van der Waals surface area (Å²) >= 11 is 1.23. The van der Waals surface area contributed by atoms with Crippen molar-refractivity contribution in [1.29, 1.82) is 0 Å². The molecule has 1 aromatic carbocycles. The normalized spacial score (nSPS) is 14.4. The number of halogens is 3. The fourth-order valence-corrected chi connectivity index (χ4v) is 4.02. The molecule has 0 radical (unpaired) electrons. The number of anilines is 2. The second-order valence-corrected chi connectivity index (χ2v) is 7.51. The average Bonchev–Trinajstić information content (AvgIpc) is 3.43. The van der Waals surface area contributed by atoms with Gasteiger partial charge in [-0.05, 0) is 30.7 Å². The fraction of sp³-hybridized carbons (Fsp3) is 0.263. The smallest absolute Gasteiger partial charge is 0.325 e. The van der Waals surface area contributed by atoms with Gasteiger partial charge in [0.1, 0.15) is 0 Å². The number of nitrogens with zero attached hydrogens (tertiary/aromatic N) is 4. The van der Waals surface area contributed by atoms with Crippen molar-refractivity contribution in [2.24, 2.45) is 0 Å². The molecule has 1 aliphatic rings. The first-order valence-electron chi connectivity index (χ1n) is 9.07. The maximum Gasteiger partial charge on any atom is 0.418 e. The summed E-state index contributed by atoms with van der Waals surface area (Å²) in [5.74, 6) is -0.649. The summed E-state index contributed by atoms with van der Waals surface area (Å²) < 4.78 is 41.9. The minimum absolute atomic E-state index is 0.0209. The van der Waals surface area contributed by atoms with Crippen molar-refractivity contribution >= 4 is 34.0 Å². The molecular weight excluding hydrogens is 419 g/mol. The van der Waals surface area contributed by atoms with Crippen LogP contribution in [0.1, 0.15) is 24.1 Å². The lowest BCUT2D eigenvalue weighted by Gasteiger charge is -2.15. The number of rotatable bonds is 5. The van der Waals surface area contributed by atoms with E-state index in [1.54, 1.807) is 16.3 Å². The molecular formula is C19H16F3N5O2S. The zero-order valence-corrected chi connectivity index (χ0v) is 16.3. The third-order valence-corrected chi connectivity index (χ3v) is 5.45. The van der Waals surface area contributed by atoms with Crippen molar-refractivity contribution in [3.63, 3.8) is 0 Å². The number of amides is 2. The van der Waals surface area contributed by atoms with Crippen LogP contribution in [0.15, 0.2) is 42.0 Å². The molecule has 0 unspecified atom stereocenters. The van der Waals surface area contributed by atoms with E-state index in [1.165, 1.54) is 40.5 Å². The SMILES string of the molecule is O=C(Cc1csc(N2CCCC2=O)n1)Nc1ccc(-n2cccn2)cc1C(F)(F)F. The molecule has 156 valence electrons. The Labute approximate surface area is 173 Å². The van der Waals surface area contributed by atoms with Crippen LogP contribution in [0, 0.1) is 0 Å². The molecule has 1 saturated heterocycles. The number of nitrogens with one attached hydrogen (secondary N) is 1. The third kappa shape index (κ3) is 4.20. The van der Waals surface area contributed by atoms with Crippen LogP contribution >= 0.6 is 11.3 Å². The lowest BCUT2D eigenvalue weighted by Crippen LogP contribution is -2.23.